The monoisotopic (exact) mass is 277 g/mol. The first-order valence-corrected chi connectivity index (χ1v) is 6.74. The second kappa shape index (κ2) is 6.40. The molecule has 0 aliphatic heterocycles. The van der Waals surface area contributed by atoms with E-state index in [2.05, 4.69) is 15.3 Å². The smallest absolute Gasteiger partial charge is 0.253 e. The van der Waals surface area contributed by atoms with Gasteiger partial charge in [0.1, 0.15) is 0 Å². The van der Waals surface area contributed by atoms with Crippen LogP contribution in [0.25, 0.3) is 10.6 Å². The maximum absolute atomic E-state index is 12.1. The van der Waals surface area contributed by atoms with E-state index in [0.717, 1.165) is 10.6 Å². The molecule has 0 aliphatic carbocycles. The summed E-state index contributed by atoms with van der Waals surface area (Å²) in [7, 11) is 1.60. The van der Waals surface area contributed by atoms with Gasteiger partial charge in [0.15, 0.2) is 0 Å². The molecule has 2 aromatic rings. The second-order valence-corrected chi connectivity index (χ2v) is 4.77. The number of amides is 1. The van der Waals surface area contributed by atoms with Gasteiger partial charge in [-0.05, 0) is 19.1 Å². The van der Waals surface area contributed by atoms with Crippen LogP contribution in [0.1, 0.15) is 16.1 Å². The summed E-state index contributed by atoms with van der Waals surface area (Å²) in [6, 6.07) is 3.52. The van der Waals surface area contributed by atoms with Crippen molar-refractivity contribution in [2.75, 3.05) is 20.3 Å². The van der Waals surface area contributed by atoms with E-state index >= 15 is 0 Å². The summed E-state index contributed by atoms with van der Waals surface area (Å²) in [5.41, 5.74) is 3.88. The Hall–Kier alpha value is -1.79. The maximum Gasteiger partial charge on any atom is 0.253 e. The molecule has 0 aliphatic rings. The zero-order valence-electron chi connectivity index (χ0n) is 10.8. The highest BCUT2D eigenvalue weighted by atomic mass is 32.1. The molecule has 6 heteroatoms. The number of nitrogens with zero attached hydrogens (tertiary/aromatic N) is 2. The Labute approximate surface area is 115 Å². The number of aromatic nitrogens is 2. The normalized spacial score (nSPS) is 10.4. The van der Waals surface area contributed by atoms with Gasteiger partial charge in [-0.2, -0.15) is 0 Å². The van der Waals surface area contributed by atoms with Crippen molar-refractivity contribution in [3.05, 3.63) is 35.1 Å². The summed E-state index contributed by atoms with van der Waals surface area (Å²) in [5, 5.41) is 2.80. The van der Waals surface area contributed by atoms with Crippen LogP contribution in [0.3, 0.4) is 0 Å². The third kappa shape index (κ3) is 3.15. The van der Waals surface area contributed by atoms with Crippen molar-refractivity contribution in [2.24, 2.45) is 0 Å². The van der Waals surface area contributed by atoms with Crippen LogP contribution in [-0.4, -0.2) is 36.1 Å². The van der Waals surface area contributed by atoms with Gasteiger partial charge in [-0.1, -0.05) is 0 Å². The quantitative estimate of drug-likeness (QED) is 0.848. The Bertz CT molecular complexity index is 569. The molecule has 0 saturated carbocycles. The second-order valence-electron chi connectivity index (χ2n) is 3.92. The summed E-state index contributed by atoms with van der Waals surface area (Å²) in [4.78, 5) is 21.6. The molecular formula is C13H15N3O2S. The largest absolute Gasteiger partial charge is 0.383 e. The number of rotatable bonds is 5. The average Bonchev–Trinajstić information content (AvgIpc) is 2.85. The maximum atomic E-state index is 12.1. The van der Waals surface area contributed by atoms with Crippen molar-refractivity contribution in [3.63, 3.8) is 0 Å². The fourth-order valence-corrected chi connectivity index (χ4v) is 2.47. The SMILES string of the molecule is COCCNC(=O)c1cccnc1-c1scnc1C. The molecule has 0 radical (unpaired) electrons. The molecular weight excluding hydrogens is 262 g/mol. The van der Waals surface area contributed by atoms with Gasteiger partial charge < -0.3 is 10.1 Å². The highest BCUT2D eigenvalue weighted by Crippen LogP contribution is 2.27. The van der Waals surface area contributed by atoms with Gasteiger partial charge in [-0.3, -0.25) is 9.78 Å². The van der Waals surface area contributed by atoms with E-state index in [0.29, 0.717) is 24.4 Å². The van der Waals surface area contributed by atoms with Crippen molar-refractivity contribution < 1.29 is 9.53 Å². The van der Waals surface area contributed by atoms with Gasteiger partial charge in [-0.25, -0.2) is 4.98 Å². The van der Waals surface area contributed by atoms with Crippen molar-refractivity contribution >= 4 is 17.2 Å². The molecule has 0 saturated heterocycles. The molecule has 5 nitrogen and oxygen atoms in total. The summed E-state index contributed by atoms with van der Waals surface area (Å²) in [5.74, 6) is -0.145. The number of ether oxygens (including phenoxy) is 1. The number of hydrogen-bond acceptors (Lipinski definition) is 5. The molecule has 0 fully saturated rings. The van der Waals surface area contributed by atoms with Crippen molar-refractivity contribution in [2.45, 2.75) is 6.92 Å². The van der Waals surface area contributed by atoms with Crippen LogP contribution in [-0.2, 0) is 4.74 Å². The fraction of sp³-hybridized carbons (Fsp3) is 0.308. The topological polar surface area (TPSA) is 64.1 Å². The number of carbonyl (C=O) groups excluding carboxylic acids is 1. The summed E-state index contributed by atoms with van der Waals surface area (Å²) in [6.45, 7) is 2.87. The zero-order valence-corrected chi connectivity index (χ0v) is 11.7. The van der Waals surface area contributed by atoms with Gasteiger partial charge in [-0.15, -0.1) is 11.3 Å². The highest BCUT2D eigenvalue weighted by Gasteiger charge is 2.16. The minimum atomic E-state index is -0.145. The number of nitrogens with one attached hydrogen (secondary N) is 1. The fourth-order valence-electron chi connectivity index (χ4n) is 1.66. The molecule has 0 spiro atoms. The van der Waals surface area contributed by atoms with Crippen molar-refractivity contribution in [1.29, 1.82) is 0 Å². The van der Waals surface area contributed by atoms with E-state index in [-0.39, 0.29) is 5.91 Å². The first-order valence-electron chi connectivity index (χ1n) is 5.86. The first kappa shape index (κ1) is 13.6. The van der Waals surface area contributed by atoms with E-state index in [1.54, 1.807) is 30.9 Å². The molecule has 1 N–H and O–H groups in total. The van der Waals surface area contributed by atoms with Gasteiger partial charge >= 0.3 is 0 Å². The van der Waals surface area contributed by atoms with Crippen LogP contribution >= 0.6 is 11.3 Å². The molecule has 2 heterocycles. The lowest BCUT2D eigenvalue weighted by molar-refractivity contribution is 0.0937. The van der Waals surface area contributed by atoms with Gasteiger partial charge in [0.05, 0.1) is 33.9 Å². The van der Waals surface area contributed by atoms with Gasteiger partial charge in [0, 0.05) is 19.9 Å². The van der Waals surface area contributed by atoms with Crippen LogP contribution < -0.4 is 5.32 Å². The number of methoxy groups -OCH3 is 1. The number of hydrogen-bond donors (Lipinski definition) is 1. The highest BCUT2D eigenvalue weighted by molar-refractivity contribution is 7.13. The van der Waals surface area contributed by atoms with Crippen molar-refractivity contribution in [3.8, 4) is 10.6 Å². The Morgan fingerprint density at radius 3 is 3.00 bits per heavy atom. The third-order valence-electron chi connectivity index (χ3n) is 2.60. The number of aryl methyl sites for hydroxylation is 1. The predicted octanol–water partition coefficient (Wildman–Crippen LogP) is 1.89. The molecule has 2 aromatic heterocycles. The Morgan fingerprint density at radius 1 is 1.47 bits per heavy atom. The molecule has 2 rings (SSSR count). The Balaban J connectivity index is 2.26. The Morgan fingerprint density at radius 2 is 2.32 bits per heavy atom. The van der Waals surface area contributed by atoms with E-state index < -0.39 is 0 Å². The third-order valence-corrected chi connectivity index (χ3v) is 3.54. The van der Waals surface area contributed by atoms with Gasteiger partial charge in [0.25, 0.3) is 5.91 Å². The molecule has 0 atom stereocenters. The molecule has 0 unspecified atom stereocenters. The molecule has 0 bridgehead atoms. The summed E-state index contributed by atoms with van der Waals surface area (Å²) < 4.78 is 4.91. The van der Waals surface area contributed by atoms with E-state index in [1.807, 2.05) is 6.92 Å². The van der Waals surface area contributed by atoms with Gasteiger partial charge in [0.2, 0.25) is 0 Å². The predicted molar refractivity (Wildman–Crippen MR) is 74.3 cm³/mol. The number of thiazole rings is 1. The van der Waals surface area contributed by atoms with E-state index in [9.17, 15) is 4.79 Å². The number of pyridine rings is 1. The molecule has 1 amide bonds. The Kier molecular flexibility index (Phi) is 4.59. The van der Waals surface area contributed by atoms with Crippen LogP contribution in [0.2, 0.25) is 0 Å². The summed E-state index contributed by atoms with van der Waals surface area (Å²) >= 11 is 1.48. The minimum absolute atomic E-state index is 0.145. The number of carbonyl (C=O) groups is 1. The van der Waals surface area contributed by atoms with Crippen LogP contribution in [0.5, 0.6) is 0 Å². The molecule has 0 aromatic carbocycles. The first-order chi connectivity index (χ1) is 9.24. The van der Waals surface area contributed by atoms with Crippen LogP contribution in [0.4, 0.5) is 0 Å². The minimum Gasteiger partial charge on any atom is -0.383 e. The van der Waals surface area contributed by atoms with E-state index in [4.69, 9.17) is 4.74 Å². The van der Waals surface area contributed by atoms with E-state index in [1.165, 1.54) is 11.3 Å². The average molecular weight is 277 g/mol. The molecule has 19 heavy (non-hydrogen) atoms. The zero-order chi connectivity index (χ0) is 13.7. The molecule has 100 valence electrons. The van der Waals surface area contributed by atoms with Crippen LogP contribution in [0.15, 0.2) is 23.8 Å². The lowest BCUT2D eigenvalue weighted by atomic mass is 10.1. The summed E-state index contributed by atoms with van der Waals surface area (Å²) in [6.07, 6.45) is 1.68. The lowest BCUT2D eigenvalue weighted by Gasteiger charge is -2.08. The lowest BCUT2D eigenvalue weighted by Crippen LogP contribution is -2.27. The standard InChI is InChI=1S/C13H15N3O2S/c1-9-12(19-8-16-9)11-10(4-3-5-14-11)13(17)15-6-7-18-2/h3-5,8H,6-7H2,1-2H3,(H,15,17). The van der Waals surface area contributed by atoms with Crippen LogP contribution in [0, 0.1) is 6.92 Å². The van der Waals surface area contributed by atoms with Crippen molar-refractivity contribution in [1.82, 2.24) is 15.3 Å².